The van der Waals surface area contributed by atoms with Crippen molar-refractivity contribution in [1.82, 2.24) is 4.90 Å². The average Bonchev–Trinajstić information content (AvgIpc) is 2.65. The minimum Gasteiger partial charge on any atom is -0.493 e. The number of hydrogen-bond acceptors (Lipinski definition) is 3. The number of rotatable bonds is 1. The first-order valence-electron chi connectivity index (χ1n) is 6.02. The summed E-state index contributed by atoms with van der Waals surface area (Å²) in [5, 5.41) is 0. The Hall–Kier alpha value is -2.48. The zero-order valence-electron chi connectivity index (χ0n) is 10.3. The van der Waals surface area contributed by atoms with Gasteiger partial charge in [-0.2, -0.15) is 4.99 Å². The lowest BCUT2D eigenvalue weighted by atomic mass is 9.82. The highest BCUT2D eigenvalue weighted by molar-refractivity contribution is 6.06. The molecule has 1 spiro atoms. The summed E-state index contributed by atoms with van der Waals surface area (Å²) in [5.74, 6) is 3.52. The number of aliphatic imine (C=N–C) groups is 1. The molecule has 19 heavy (non-hydrogen) atoms. The van der Waals surface area contributed by atoms with E-state index in [1.54, 1.807) is 4.90 Å². The van der Waals surface area contributed by atoms with Gasteiger partial charge in [0.2, 0.25) is 0 Å². The summed E-state index contributed by atoms with van der Waals surface area (Å²) in [7, 11) is 0. The molecule has 5 heteroatoms. The normalized spacial score (nSPS) is 24.7. The lowest BCUT2D eigenvalue weighted by molar-refractivity contribution is 0.139. The Morgan fingerprint density at radius 2 is 2.32 bits per heavy atom. The molecule has 0 aromatic heterocycles. The lowest BCUT2D eigenvalue weighted by Gasteiger charge is -2.41. The molecule has 1 aromatic rings. The van der Waals surface area contributed by atoms with E-state index in [1.165, 1.54) is 0 Å². The van der Waals surface area contributed by atoms with Crippen LogP contribution < -0.4 is 10.5 Å². The van der Waals surface area contributed by atoms with Crippen LogP contribution in [0, 0.1) is 12.3 Å². The van der Waals surface area contributed by atoms with Crippen molar-refractivity contribution in [3.8, 4) is 18.1 Å². The first kappa shape index (κ1) is 11.6. The number of hydrogen-bond donors (Lipinski definition) is 1. The van der Waals surface area contributed by atoms with E-state index in [0.717, 1.165) is 11.3 Å². The van der Waals surface area contributed by atoms with Gasteiger partial charge >= 0.3 is 6.03 Å². The molecule has 0 saturated heterocycles. The number of terminal acetylenes is 1. The van der Waals surface area contributed by atoms with Crippen molar-refractivity contribution in [2.24, 2.45) is 10.7 Å². The van der Waals surface area contributed by atoms with Crippen LogP contribution in [0.4, 0.5) is 4.79 Å². The van der Waals surface area contributed by atoms with Crippen molar-refractivity contribution in [3.05, 3.63) is 29.8 Å². The van der Waals surface area contributed by atoms with Crippen LogP contribution in [0.1, 0.15) is 12.0 Å². The van der Waals surface area contributed by atoms with Gasteiger partial charge in [0, 0.05) is 12.0 Å². The van der Waals surface area contributed by atoms with E-state index in [1.807, 2.05) is 24.3 Å². The Kier molecular flexibility index (Phi) is 2.46. The molecule has 2 N–H and O–H groups in total. The molecule has 2 amide bonds. The summed E-state index contributed by atoms with van der Waals surface area (Å²) in [6.07, 6.45) is 5.92. The Morgan fingerprint density at radius 1 is 1.53 bits per heavy atom. The van der Waals surface area contributed by atoms with Gasteiger partial charge in [0.15, 0.2) is 0 Å². The fraction of sp³-hybridized carbons (Fsp3) is 0.286. The lowest BCUT2D eigenvalue weighted by Crippen LogP contribution is -2.54. The monoisotopic (exact) mass is 255 g/mol. The number of urea groups is 1. The quantitative estimate of drug-likeness (QED) is 0.764. The molecule has 2 aliphatic heterocycles. The Balaban J connectivity index is 2.20. The van der Waals surface area contributed by atoms with E-state index >= 15 is 0 Å². The van der Waals surface area contributed by atoms with Crippen molar-refractivity contribution in [2.75, 3.05) is 13.2 Å². The predicted octanol–water partition coefficient (Wildman–Crippen LogP) is 1.09. The molecule has 0 bridgehead atoms. The van der Waals surface area contributed by atoms with Crippen molar-refractivity contribution in [2.45, 2.75) is 12.0 Å². The van der Waals surface area contributed by atoms with Crippen LogP contribution in [-0.2, 0) is 5.54 Å². The van der Waals surface area contributed by atoms with Gasteiger partial charge < -0.3 is 10.5 Å². The molecule has 0 fully saturated rings. The maximum atomic E-state index is 12.0. The summed E-state index contributed by atoms with van der Waals surface area (Å²) < 4.78 is 5.62. The fourth-order valence-corrected chi connectivity index (χ4v) is 2.78. The zero-order valence-corrected chi connectivity index (χ0v) is 10.3. The zero-order chi connectivity index (χ0) is 13.5. The molecular formula is C14H13N3O2. The number of para-hydroxylation sites is 1. The number of amides is 2. The van der Waals surface area contributed by atoms with Gasteiger partial charge in [-0.3, -0.25) is 4.90 Å². The van der Waals surface area contributed by atoms with Crippen LogP contribution >= 0.6 is 0 Å². The largest absolute Gasteiger partial charge is 0.493 e. The molecule has 0 aliphatic carbocycles. The van der Waals surface area contributed by atoms with Crippen LogP contribution in [0.25, 0.3) is 0 Å². The average molecular weight is 255 g/mol. The van der Waals surface area contributed by atoms with Gasteiger partial charge in [-0.15, -0.1) is 6.42 Å². The van der Waals surface area contributed by atoms with Crippen LogP contribution in [-0.4, -0.2) is 29.9 Å². The first-order valence-corrected chi connectivity index (χ1v) is 6.02. The molecule has 96 valence electrons. The van der Waals surface area contributed by atoms with E-state index < -0.39 is 5.54 Å². The van der Waals surface area contributed by atoms with Crippen LogP contribution in [0.2, 0.25) is 0 Å². The SMILES string of the molecule is C#CCN1C(=O)N=C(N)C12CCOc1ccccc12. The van der Waals surface area contributed by atoms with Gasteiger partial charge in [-0.1, -0.05) is 24.1 Å². The molecule has 1 aromatic carbocycles. The Morgan fingerprint density at radius 3 is 3.11 bits per heavy atom. The summed E-state index contributed by atoms with van der Waals surface area (Å²) in [6.45, 7) is 0.652. The van der Waals surface area contributed by atoms with E-state index in [4.69, 9.17) is 16.9 Å². The van der Waals surface area contributed by atoms with E-state index in [9.17, 15) is 4.79 Å². The number of nitrogens with two attached hydrogens (primary N) is 1. The second-order valence-electron chi connectivity index (χ2n) is 4.52. The standard InChI is InChI=1S/C14H13N3O2/c1-2-8-17-13(18)16-12(15)14(17)7-9-19-11-6-4-3-5-10(11)14/h1,3-6H,7-9H2,(H2,15,16,18). The number of ether oxygens (including phenoxy) is 1. The second-order valence-corrected chi connectivity index (χ2v) is 4.52. The highest BCUT2D eigenvalue weighted by Crippen LogP contribution is 2.44. The molecule has 2 aliphatic rings. The van der Waals surface area contributed by atoms with Crippen molar-refractivity contribution < 1.29 is 9.53 Å². The van der Waals surface area contributed by atoms with E-state index in [-0.39, 0.29) is 12.6 Å². The van der Waals surface area contributed by atoms with Crippen LogP contribution in [0.15, 0.2) is 29.3 Å². The third-order valence-electron chi connectivity index (χ3n) is 3.63. The number of amidine groups is 1. The van der Waals surface area contributed by atoms with Crippen LogP contribution in [0.3, 0.4) is 0 Å². The van der Waals surface area contributed by atoms with Gasteiger partial charge in [-0.25, -0.2) is 4.79 Å². The highest BCUT2D eigenvalue weighted by Gasteiger charge is 2.52. The number of carbonyl (C=O) groups excluding carboxylic acids is 1. The Labute approximate surface area is 111 Å². The van der Waals surface area contributed by atoms with Gasteiger partial charge in [0.25, 0.3) is 0 Å². The van der Waals surface area contributed by atoms with Crippen molar-refractivity contribution in [1.29, 1.82) is 0 Å². The molecule has 3 rings (SSSR count). The number of benzene rings is 1. The van der Waals surface area contributed by atoms with Gasteiger partial charge in [0.05, 0.1) is 13.2 Å². The smallest absolute Gasteiger partial charge is 0.347 e. The maximum absolute atomic E-state index is 12.0. The van der Waals surface area contributed by atoms with E-state index in [2.05, 4.69) is 10.9 Å². The van der Waals surface area contributed by atoms with Gasteiger partial charge in [-0.05, 0) is 6.07 Å². The fourth-order valence-electron chi connectivity index (χ4n) is 2.78. The molecule has 5 nitrogen and oxygen atoms in total. The summed E-state index contributed by atoms with van der Waals surface area (Å²) >= 11 is 0. The van der Waals surface area contributed by atoms with Gasteiger partial charge in [0.1, 0.15) is 17.1 Å². The molecule has 1 atom stereocenters. The maximum Gasteiger partial charge on any atom is 0.347 e. The summed E-state index contributed by atoms with van der Waals surface area (Å²) in [5.41, 5.74) is 6.13. The first-order chi connectivity index (χ1) is 9.20. The molecular weight excluding hydrogens is 242 g/mol. The third-order valence-corrected chi connectivity index (χ3v) is 3.63. The minimum absolute atomic E-state index is 0.178. The molecule has 0 radical (unpaired) electrons. The van der Waals surface area contributed by atoms with Crippen LogP contribution in [0.5, 0.6) is 5.75 Å². The topological polar surface area (TPSA) is 67.9 Å². The predicted molar refractivity (Wildman–Crippen MR) is 70.8 cm³/mol. The minimum atomic E-state index is -0.752. The molecule has 1 unspecified atom stereocenters. The number of fused-ring (bicyclic) bond motifs is 2. The second kappa shape index (κ2) is 4.02. The van der Waals surface area contributed by atoms with Crippen molar-refractivity contribution in [3.63, 3.8) is 0 Å². The number of carbonyl (C=O) groups is 1. The van der Waals surface area contributed by atoms with E-state index in [0.29, 0.717) is 18.9 Å². The summed E-state index contributed by atoms with van der Waals surface area (Å²) in [6, 6.07) is 7.15. The summed E-state index contributed by atoms with van der Waals surface area (Å²) in [4.78, 5) is 17.4. The third kappa shape index (κ3) is 1.43. The molecule has 0 saturated carbocycles. The van der Waals surface area contributed by atoms with Crippen molar-refractivity contribution >= 4 is 11.9 Å². The number of nitrogens with zero attached hydrogens (tertiary/aromatic N) is 2. The molecule has 2 heterocycles. The highest BCUT2D eigenvalue weighted by atomic mass is 16.5. The Bertz CT molecular complexity index is 617.